The molecule has 0 aliphatic heterocycles. The van der Waals surface area contributed by atoms with Gasteiger partial charge in [-0.25, -0.2) is 4.39 Å². The van der Waals surface area contributed by atoms with Gasteiger partial charge in [0.05, 0.1) is 22.7 Å². The number of ether oxygens (including phenoxy) is 1. The summed E-state index contributed by atoms with van der Waals surface area (Å²) in [6.45, 7) is 0.552. The number of benzene rings is 2. The number of hydrogen-bond acceptors (Lipinski definition) is 4. The van der Waals surface area contributed by atoms with E-state index >= 15 is 0 Å². The summed E-state index contributed by atoms with van der Waals surface area (Å²) < 4.78 is 19.2. The maximum Gasteiger partial charge on any atom is 0.256 e. The van der Waals surface area contributed by atoms with Crippen molar-refractivity contribution in [2.45, 2.75) is 0 Å². The third kappa shape index (κ3) is 2.85. The van der Waals surface area contributed by atoms with Crippen molar-refractivity contribution in [3.8, 4) is 23.1 Å². The summed E-state index contributed by atoms with van der Waals surface area (Å²) in [5.41, 5.74) is 6.76. The van der Waals surface area contributed by atoms with E-state index in [0.29, 0.717) is 34.5 Å². The highest BCUT2D eigenvalue weighted by atomic mass is 19.1. The van der Waals surface area contributed by atoms with E-state index in [1.54, 1.807) is 24.3 Å². The van der Waals surface area contributed by atoms with Crippen LogP contribution in [0.5, 0.6) is 5.75 Å². The molecule has 1 heterocycles. The molecule has 3 rings (SSSR count). The third-order valence-corrected chi connectivity index (χ3v) is 3.60. The van der Waals surface area contributed by atoms with Crippen molar-refractivity contribution in [3.05, 3.63) is 64.2 Å². The normalized spacial score (nSPS) is 10.5. The molecule has 120 valence electrons. The predicted octanol–water partition coefficient (Wildman–Crippen LogP) is 2.54. The fraction of sp³-hybridized carbons (Fsp3) is 0.111. The standard InChI is InChI=1S/C18H14FN3O2/c19-13-5-6-14-15(9-13)18(23)22-16(17(14)24-8-7-20)12-3-1-11(10-21)2-4-12/h1-6,9H,7-8,20H2,(H,22,23). The lowest BCUT2D eigenvalue weighted by atomic mass is 10.0. The lowest BCUT2D eigenvalue weighted by molar-refractivity contribution is 0.332. The molecule has 0 saturated carbocycles. The molecule has 3 aromatic rings. The molecule has 1 aromatic heterocycles. The topological polar surface area (TPSA) is 91.9 Å². The van der Waals surface area contributed by atoms with Crippen molar-refractivity contribution in [3.63, 3.8) is 0 Å². The number of nitrogens with two attached hydrogens (primary N) is 1. The first-order valence-corrected chi connectivity index (χ1v) is 7.33. The number of aromatic nitrogens is 1. The van der Waals surface area contributed by atoms with E-state index in [-0.39, 0.29) is 12.0 Å². The summed E-state index contributed by atoms with van der Waals surface area (Å²) in [4.78, 5) is 15.1. The van der Waals surface area contributed by atoms with Crippen molar-refractivity contribution in [1.82, 2.24) is 4.98 Å². The van der Waals surface area contributed by atoms with Gasteiger partial charge in [0.2, 0.25) is 0 Å². The first-order chi connectivity index (χ1) is 11.6. The second-order valence-corrected chi connectivity index (χ2v) is 5.17. The van der Waals surface area contributed by atoms with E-state index in [1.807, 2.05) is 6.07 Å². The molecule has 3 N–H and O–H groups in total. The van der Waals surface area contributed by atoms with Crippen LogP contribution >= 0.6 is 0 Å². The molecule has 24 heavy (non-hydrogen) atoms. The van der Waals surface area contributed by atoms with Crippen LogP contribution < -0.4 is 16.0 Å². The number of aromatic amines is 1. The number of H-pyrrole nitrogens is 1. The van der Waals surface area contributed by atoms with Crippen molar-refractivity contribution in [2.24, 2.45) is 5.73 Å². The second-order valence-electron chi connectivity index (χ2n) is 5.17. The smallest absolute Gasteiger partial charge is 0.256 e. The number of nitrogens with one attached hydrogen (secondary N) is 1. The van der Waals surface area contributed by atoms with E-state index < -0.39 is 11.4 Å². The number of nitriles is 1. The largest absolute Gasteiger partial charge is 0.489 e. The van der Waals surface area contributed by atoms with Crippen LogP contribution in [0, 0.1) is 17.1 Å². The zero-order valence-corrected chi connectivity index (χ0v) is 12.7. The number of rotatable bonds is 4. The van der Waals surface area contributed by atoms with E-state index in [9.17, 15) is 9.18 Å². The van der Waals surface area contributed by atoms with Gasteiger partial charge in [-0.3, -0.25) is 4.79 Å². The van der Waals surface area contributed by atoms with Crippen LogP contribution in [0.4, 0.5) is 4.39 Å². The molecule has 0 fully saturated rings. The van der Waals surface area contributed by atoms with E-state index in [2.05, 4.69) is 4.98 Å². The van der Waals surface area contributed by atoms with Crippen LogP contribution in [0.3, 0.4) is 0 Å². The Kier molecular flexibility index (Phi) is 4.27. The molecule has 0 bridgehead atoms. The second kappa shape index (κ2) is 6.52. The molecule has 0 aliphatic carbocycles. The molecule has 0 amide bonds. The Bertz CT molecular complexity index is 988. The summed E-state index contributed by atoms with van der Waals surface area (Å²) >= 11 is 0. The van der Waals surface area contributed by atoms with Gasteiger partial charge in [-0.2, -0.15) is 5.26 Å². The molecule has 0 radical (unpaired) electrons. The number of halogens is 1. The van der Waals surface area contributed by atoms with Gasteiger partial charge in [0.1, 0.15) is 12.4 Å². The summed E-state index contributed by atoms with van der Waals surface area (Å²) in [7, 11) is 0. The molecule has 6 heteroatoms. The highest BCUT2D eigenvalue weighted by molar-refractivity contribution is 5.93. The van der Waals surface area contributed by atoms with Crippen molar-refractivity contribution in [2.75, 3.05) is 13.2 Å². The first kappa shape index (κ1) is 15.7. The maximum absolute atomic E-state index is 13.5. The average molecular weight is 323 g/mol. The molecule has 0 saturated heterocycles. The summed E-state index contributed by atoms with van der Waals surface area (Å²) in [5, 5.41) is 9.61. The minimum Gasteiger partial charge on any atom is -0.489 e. The maximum atomic E-state index is 13.5. The van der Waals surface area contributed by atoms with Crippen LogP contribution in [0.1, 0.15) is 5.56 Å². The van der Waals surface area contributed by atoms with Gasteiger partial charge in [0.25, 0.3) is 5.56 Å². The minimum absolute atomic E-state index is 0.208. The Labute approximate surface area is 137 Å². The van der Waals surface area contributed by atoms with Gasteiger partial charge in [-0.05, 0) is 30.3 Å². The molecular formula is C18H14FN3O2. The van der Waals surface area contributed by atoms with E-state index in [4.69, 9.17) is 15.7 Å². The van der Waals surface area contributed by atoms with Crippen LogP contribution in [0.25, 0.3) is 22.0 Å². The fourth-order valence-corrected chi connectivity index (χ4v) is 2.50. The number of fused-ring (bicyclic) bond motifs is 1. The lowest BCUT2D eigenvalue weighted by Gasteiger charge is -2.14. The molecular weight excluding hydrogens is 309 g/mol. The molecule has 0 atom stereocenters. The van der Waals surface area contributed by atoms with Gasteiger partial charge in [-0.15, -0.1) is 0 Å². The molecule has 5 nitrogen and oxygen atoms in total. The van der Waals surface area contributed by atoms with Gasteiger partial charge in [0, 0.05) is 17.5 Å². The Hall–Kier alpha value is -3.17. The van der Waals surface area contributed by atoms with Crippen molar-refractivity contribution < 1.29 is 9.13 Å². The van der Waals surface area contributed by atoms with Gasteiger partial charge >= 0.3 is 0 Å². The van der Waals surface area contributed by atoms with Crippen molar-refractivity contribution in [1.29, 1.82) is 5.26 Å². The van der Waals surface area contributed by atoms with E-state index in [1.165, 1.54) is 18.2 Å². The zero-order chi connectivity index (χ0) is 17.1. The van der Waals surface area contributed by atoms with Gasteiger partial charge in [-0.1, -0.05) is 12.1 Å². The van der Waals surface area contributed by atoms with Crippen LogP contribution in [0.2, 0.25) is 0 Å². The fourth-order valence-electron chi connectivity index (χ4n) is 2.50. The Balaban J connectivity index is 2.27. The van der Waals surface area contributed by atoms with E-state index in [0.717, 1.165) is 0 Å². The summed E-state index contributed by atoms with van der Waals surface area (Å²) in [6, 6.07) is 12.7. The average Bonchev–Trinajstić information content (AvgIpc) is 2.61. The number of hydrogen-bond donors (Lipinski definition) is 2. The van der Waals surface area contributed by atoms with Crippen molar-refractivity contribution >= 4 is 10.8 Å². The highest BCUT2D eigenvalue weighted by Gasteiger charge is 2.15. The Morgan fingerprint density at radius 2 is 1.92 bits per heavy atom. The molecule has 0 unspecified atom stereocenters. The zero-order valence-electron chi connectivity index (χ0n) is 12.7. The van der Waals surface area contributed by atoms with Crippen LogP contribution in [-0.2, 0) is 0 Å². The first-order valence-electron chi connectivity index (χ1n) is 7.33. The highest BCUT2D eigenvalue weighted by Crippen LogP contribution is 2.33. The molecule has 0 spiro atoms. The quantitative estimate of drug-likeness (QED) is 0.772. The van der Waals surface area contributed by atoms with Gasteiger partial charge in [0.15, 0.2) is 5.75 Å². The minimum atomic E-state index is -0.496. The molecule has 0 aliphatic rings. The van der Waals surface area contributed by atoms with Crippen LogP contribution in [0.15, 0.2) is 47.3 Å². The number of pyridine rings is 1. The monoisotopic (exact) mass is 323 g/mol. The lowest BCUT2D eigenvalue weighted by Crippen LogP contribution is -2.15. The SMILES string of the molecule is N#Cc1ccc(-c2[nH]c(=O)c3cc(F)ccc3c2OCCN)cc1. The number of nitrogens with zero attached hydrogens (tertiary/aromatic N) is 1. The predicted molar refractivity (Wildman–Crippen MR) is 89.2 cm³/mol. The Morgan fingerprint density at radius 3 is 2.58 bits per heavy atom. The van der Waals surface area contributed by atoms with Crippen LogP contribution in [-0.4, -0.2) is 18.1 Å². The summed E-state index contributed by atoms with van der Waals surface area (Å²) in [6.07, 6.45) is 0. The Morgan fingerprint density at radius 1 is 1.17 bits per heavy atom. The third-order valence-electron chi connectivity index (χ3n) is 3.60. The summed E-state index contributed by atoms with van der Waals surface area (Å²) in [5.74, 6) is -0.0661. The molecule has 2 aromatic carbocycles. The van der Waals surface area contributed by atoms with Gasteiger partial charge < -0.3 is 15.5 Å².